The molecule has 5 rings (SSSR count). The van der Waals surface area contributed by atoms with Crippen LogP contribution in [0, 0.1) is 5.82 Å². The topological polar surface area (TPSA) is 50.8 Å². The molecule has 0 bridgehead atoms. The summed E-state index contributed by atoms with van der Waals surface area (Å²) in [7, 11) is 1.29. The highest BCUT2D eigenvalue weighted by molar-refractivity contribution is 5.91. The van der Waals surface area contributed by atoms with E-state index in [-0.39, 0.29) is 17.7 Å². The molecule has 1 aliphatic heterocycles. The molecule has 0 saturated carbocycles. The number of hydrogen-bond acceptors (Lipinski definition) is 5. The zero-order valence-corrected chi connectivity index (χ0v) is 20.4. The fraction of sp³-hybridized carbons (Fsp3) is 0.233. The first-order chi connectivity index (χ1) is 17.5. The smallest absolute Gasteiger partial charge is 0.338 e. The number of nitrogens with zero attached hydrogens (tertiary/aromatic N) is 1. The fourth-order valence-corrected chi connectivity index (χ4v) is 4.86. The lowest BCUT2D eigenvalue weighted by atomic mass is 9.99. The van der Waals surface area contributed by atoms with E-state index in [0.29, 0.717) is 12.2 Å². The van der Waals surface area contributed by atoms with Gasteiger partial charge >= 0.3 is 5.97 Å². The van der Waals surface area contributed by atoms with Crippen molar-refractivity contribution in [3.8, 4) is 5.75 Å². The summed E-state index contributed by atoms with van der Waals surface area (Å²) in [6.45, 7) is 3.46. The average molecular weight is 485 g/mol. The Morgan fingerprint density at radius 2 is 1.86 bits per heavy atom. The summed E-state index contributed by atoms with van der Waals surface area (Å²) >= 11 is 0. The molecule has 1 heterocycles. The molecule has 0 aromatic heterocycles. The normalized spacial score (nSPS) is 15.8. The molecule has 184 valence electrons. The zero-order chi connectivity index (χ0) is 25.1. The number of para-hydroxylation sites is 2. The van der Waals surface area contributed by atoms with Gasteiger partial charge in [-0.3, -0.25) is 0 Å². The number of anilines is 2. The van der Waals surface area contributed by atoms with Crippen molar-refractivity contribution >= 4 is 28.1 Å². The summed E-state index contributed by atoms with van der Waals surface area (Å²) in [5.41, 5.74) is 2.87. The van der Waals surface area contributed by atoms with Crippen LogP contribution in [0.3, 0.4) is 0 Å². The van der Waals surface area contributed by atoms with E-state index in [1.165, 1.54) is 35.6 Å². The van der Waals surface area contributed by atoms with Gasteiger partial charge in [-0.2, -0.15) is 0 Å². The van der Waals surface area contributed by atoms with E-state index in [4.69, 9.17) is 9.47 Å². The lowest BCUT2D eigenvalue weighted by molar-refractivity contribution is 0.0600. The number of hydrogen-bond donors (Lipinski definition) is 1. The van der Waals surface area contributed by atoms with Crippen LogP contribution in [0.5, 0.6) is 5.75 Å². The Bertz CT molecular complexity index is 1380. The molecule has 1 aliphatic rings. The molecular formula is C30H29FN2O3. The maximum absolute atomic E-state index is 14.4. The Labute approximate surface area is 210 Å². The maximum Gasteiger partial charge on any atom is 0.338 e. The third-order valence-electron chi connectivity index (χ3n) is 6.66. The van der Waals surface area contributed by atoms with E-state index in [2.05, 4.69) is 54.7 Å². The van der Waals surface area contributed by atoms with Crippen LogP contribution in [0.4, 0.5) is 15.8 Å². The van der Waals surface area contributed by atoms with Crippen molar-refractivity contribution in [2.24, 2.45) is 0 Å². The van der Waals surface area contributed by atoms with E-state index in [0.717, 1.165) is 24.4 Å². The van der Waals surface area contributed by atoms with Gasteiger partial charge in [0.2, 0.25) is 0 Å². The van der Waals surface area contributed by atoms with Crippen molar-refractivity contribution in [3.63, 3.8) is 0 Å². The average Bonchev–Trinajstić information content (AvgIpc) is 2.91. The Morgan fingerprint density at radius 1 is 1.08 bits per heavy atom. The number of benzene rings is 4. The molecule has 0 spiro atoms. The minimum atomic E-state index is -0.569. The molecule has 1 N–H and O–H groups in total. The molecule has 36 heavy (non-hydrogen) atoms. The van der Waals surface area contributed by atoms with E-state index >= 15 is 0 Å². The van der Waals surface area contributed by atoms with Crippen molar-refractivity contribution < 1.29 is 18.7 Å². The number of nitrogens with one attached hydrogen (secondary N) is 1. The second-order valence-corrected chi connectivity index (χ2v) is 9.04. The van der Waals surface area contributed by atoms with Gasteiger partial charge < -0.3 is 19.7 Å². The summed E-state index contributed by atoms with van der Waals surface area (Å²) in [6.07, 6.45) is 0.649. The first-order valence-electron chi connectivity index (χ1n) is 12.2. The van der Waals surface area contributed by atoms with E-state index in [1.807, 2.05) is 29.2 Å². The third-order valence-corrected chi connectivity index (χ3v) is 6.66. The fourth-order valence-electron chi connectivity index (χ4n) is 4.86. The molecule has 4 aromatic rings. The van der Waals surface area contributed by atoms with Gasteiger partial charge in [-0.1, -0.05) is 54.6 Å². The van der Waals surface area contributed by atoms with Crippen LogP contribution in [0.25, 0.3) is 10.8 Å². The highest BCUT2D eigenvalue weighted by atomic mass is 19.1. The molecule has 5 nitrogen and oxygen atoms in total. The van der Waals surface area contributed by atoms with Crippen molar-refractivity contribution in [1.82, 2.24) is 5.32 Å². The van der Waals surface area contributed by atoms with E-state index < -0.39 is 11.8 Å². The van der Waals surface area contributed by atoms with Crippen molar-refractivity contribution in [1.29, 1.82) is 0 Å². The minimum Gasteiger partial charge on any atom is -0.486 e. The second kappa shape index (κ2) is 10.4. The van der Waals surface area contributed by atoms with E-state index in [9.17, 15) is 9.18 Å². The van der Waals surface area contributed by atoms with Crippen LogP contribution >= 0.6 is 0 Å². The van der Waals surface area contributed by atoms with Gasteiger partial charge in [0, 0.05) is 11.7 Å². The van der Waals surface area contributed by atoms with Crippen molar-refractivity contribution in [2.75, 3.05) is 25.1 Å². The van der Waals surface area contributed by atoms with Gasteiger partial charge in [-0.25, -0.2) is 9.18 Å². The minimum absolute atomic E-state index is 0.114. The second-order valence-electron chi connectivity index (χ2n) is 9.04. The molecule has 0 amide bonds. The Balaban J connectivity index is 1.32. The highest BCUT2D eigenvalue weighted by Crippen LogP contribution is 2.39. The molecule has 6 heteroatoms. The lowest BCUT2D eigenvalue weighted by Gasteiger charge is -2.36. The SMILES string of the molecule is COC(=O)c1cc(F)cc(N2CC(CCNC(C)c3cccc4ccccc34)Oc3ccccc32)c1. The van der Waals surface area contributed by atoms with Crippen LogP contribution in [-0.2, 0) is 4.74 Å². The van der Waals surface area contributed by atoms with Gasteiger partial charge in [-0.05, 0) is 66.6 Å². The number of esters is 1. The summed E-state index contributed by atoms with van der Waals surface area (Å²) in [4.78, 5) is 14.1. The van der Waals surface area contributed by atoms with Gasteiger partial charge in [0.05, 0.1) is 24.9 Å². The first-order valence-corrected chi connectivity index (χ1v) is 12.2. The number of carbonyl (C=O) groups is 1. The number of methoxy groups -OCH3 is 1. The lowest BCUT2D eigenvalue weighted by Crippen LogP contribution is -2.39. The number of rotatable bonds is 7. The molecule has 4 aromatic carbocycles. The number of fused-ring (bicyclic) bond motifs is 2. The van der Waals surface area contributed by atoms with Gasteiger partial charge in [-0.15, -0.1) is 0 Å². The Kier molecular flexibility index (Phi) is 6.87. The molecular weight excluding hydrogens is 455 g/mol. The first kappa shape index (κ1) is 23.8. The Hall–Kier alpha value is -3.90. The van der Waals surface area contributed by atoms with E-state index in [1.54, 1.807) is 6.07 Å². The third kappa shape index (κ3) is 4.90. The molecule has 0 fully saturated rings. The summed E-state index contributed by atoms with van der Waals surface area (Å²) in [6, 6.07) is 27.0. The van der Waals surface area contributed by atoms with Gasteiger partial charge in [0.15, 0.2) is 0 Å². The zero-order valence-electron chi connectivity index (χ0n) is 20.4. The quantitative estimate of drug-likeness (QED) is 0.308. The van der Waals surface area contributed by atoms with Crippen LogP contribution in [0.2, 0.25) is 0 Å². The molecule has 2 unspecified atom stereocenters. The van der Waals surface area contributed by atoms with Gasteiger partial charge in [0.25, 0.3) is 0 Å². The van der Waals surface area contributed by atoms with Gasteiger partial charge in [0.1, 0.15) is 17.7 Å². The number of ether oxygens (including phenoxy) is 2. The number of halogens is 1. The molecule has 2 atom stereocenters. The molecule has 0 radical (unpaired) electrons. The van der Waals surface area contributed by atoms with Crippen LogP contribution in [0.15, 0.2) is 84.9 Å². The predicted molar refractivity (Wildman–Crippen MR) is 141 cm³/mol. The summed E-state index contributed by atoms with van der Waals surface area (Å²) in [5, 5.41) is 6.12. The predicted octanol–water partition coefficient (Wildman–Crippen LogP) is 6.41. The maximum atomic E-state index is 14.4. The number of carbonyl (C=O) groups excluding carboxylic acids is 1. The summed E-state index contributed by atoms with van der Waals surface area (Å²) < 4.78 is 25.5. The summed E-state index contributed by atoms with van der Waals surface area (Å²) in [5.74, 6) is -0.320. The van der Waals surface area contributed by atoms with Crippen molar-refractivity contribution in [3.05, 3.63) is 102 Å². The van der Waals surface area contributed by atoms with Crippen LogP contribution in [0.1, 0.15) is 35.3 Å². The van der Waals surface area contributed by atoms with Crippen molar-refractivity contribution in [2.45, 2.75) is 25.5 Å². The molecule has 0 saturated heterocycles. The highest BCUT2D eigenvalue weighted by Gasteiger charge is 2.27. The monoisotopic (exact) mass is 484 g/mol. The van der Waals surface area contributed by atoms with Crippen LogP contribution < -0.4 is 15.0 Å². The largest absolute Gasteiger partial charge is 0.486 e. The standard InChI is InChI=1S/C30H29FN2O3/c1-20(26-11-7-9-21-8-3-4-10-27(21)26)32-15-14-25-19-33(28-12-5-6-13-29(28)36-25)24-17-22(30(34)35-2)16-23(31)18-24/h3-13,16-18,20,25,32H,14-15,19H2,1-2H3. The Morgan fingerprint density at radius 3 is 2.72 bits per heavy atom. The van der Waals surface area contributed by atoms with Crippen LogP contribution in [-0.4, -0.2) is 32.3 Å². The molecule has 0 aliphatic carbocycles.